The average Bonchev–Trinajstić information content (AvgIpc) is 3.01. The van der Waals surface area contributed by atoms with E-state index < -0.39 is 0 Å². The second-order valence-electron chi connectivity index (χ2n) is 6.40. The maximum atomic E-state index is 12.6. The number of rotatable bonds is 2. The van der Waals surface area contributed by atoms with Crippen molar-refractivity contribution in [1.29, 1.82) is 0 Å². The van der Waals surface area contributed by atoms with Gasteiger partial charge in [-0.15, -0.1) is 11.3 Å². The maximum Gasteiger partial charge on any atom is 0.269 e. The molecule has 0 radical (unpaired) electrons. The van der Waals surface area contributed by atoms with E-state index in [2.05, 4.69) is 10.3 Å². The summed E-state index contributed by atoms with van der Waals surface area (Å²) in [7, 11) is 0. The summed E-state index contributed by atoms with van der Waals surface area (Å²) in [5, 5.41) is 5.20. The van der Waals surface area contributed by atoms with Crippen LogP contribution in [-0.4, -0.2) is 27.4 Å². The standard InChI is InChI=1S/C15H20N4OS/c16-11-4-9-2-1-3-10(5-11)14(9)18-15(20)12-7-21-13-6-17-8-19(12)13/h6-11,14H,1-5,16H2,(H,18,20). The molecule has 6 heteroatoms. The van der Waals surface area contributed by atoms with Crippen LogP contribution in [0.25, 0.3) is 4.83 Å². The molecule has 21 heavy (non-hydrogen) atoms. The molecule has 112 valence electrons. The second kappa shape index (κ2) is 5.10. The number of nitrogens with zero attached hydrogens (tertiary/aromatic N) is 2. The smallest absolute Gasteiger partial charge is 0.269 e. The van der Waals surface area contributed by atoms with Gasteiger partial charge in [0.25, 0.3) is 5.91 Å². The largest absolute Gasteiger partial charge is 0.347 e. The number of hydrogen-bond donors (Lipinski definition) is 2. The van der Waals surface area contributed by atoms with E-state index in [0.717, 1.165) is 17.7 Å². The van der Waals surface area contributed by atoms with Crippen LogP contribution in [0.15, 0.2) is 17.9 Å². The number of thiazole rings is 1. The van der Waals surface area contributed by atoms with Crippen LogP contribution < -0.4 is 11.1 Å². The molecule has 2 aromatic rings. The van der Waals surface area contributed by atoms with E-state index in [0.29, 0.717) is 29.6 Å². The summed E-state index contributed by atoms with van der Waals surface area (Å²) in [6, 6.07) is 0.611. The highest BCUT2D eigenvalue weighted by Gasteiger charge is 2.40. The van der Waals surface area contributed by atoms with Crippen LogP contribution in [0.3, 0.4) is 0 Å². The first-order valence-electron chi connectivity index (χ1n) is 7.68. The van der Waals surface area contributed by atoms with Gasteiger partial charge in [-0.2, -0.15) is 0 Å². The van der Waals surface area contributed by atoms with E-state index in [1.165, 1.54) is 19.3 Å². The zero-order valence-electron chi connectivity index (χ0n) is 11.9. The number of nitrogens with two attached hydrogens (primary N) is 1. The molecule has 4 rings (SSSR count). The van der Waals surface area contributed by atoms with Crippen LogP contribution in [0.1, 0.15) is 42.6 Å². The molecule has 0 saturated heterocycles. The Balaban J connectivity index is 1.55. The monoisotopic (exact) mass is 304 g/mol. The number of nitrogens with one attached hydrogen (secondary N) is 1. The molecule has 0 aliphatic heterocycles. The Labute approximate surface area is 127 Å². The third-order valence-electron chi connectivity index (χ3n) is 5.06. The van der Waals surface area contributed by atoms with Crippen molar-refractivity contribution >= 4 is 22.1 Å². The van der Waals surface area contributed by atoms with Crippen LogP contribution in [-0.2, 0) is 0 Å². The fourth-order valence-electron chi connectivity index (χ4n) is 4.14. The lowest BCUT2D eigenvalue weighted by Crippen LogP contribution is -2.53. The summed E-state index contributed by atoms with van der Waals surface area (Å²) in [5.74, 6) is 1.12. The van der Waals surface area contributed by atoms with Crippen LogP contribution in [0.2, 0.25) is 0 Å². The van der Waals surface area contributed by atoms with Crippen molar-refractivity contribution in [2.24, 2.45) is 17.6 Å². The number of fused-ring (bicyclic) bond motifs is 3. The molecule has 2 atom stereocenters. The van der Waals surface area contributed by atoms with Gasteiger partial charge in [0.15, 0.2) is 0 Å². The summed E-state index contributed by atoms with van der Waals surface area (Å²) >= 11 is 1.55. The number of carbonyl (C=O) groups excluding carboxylic acids is 1. The van der Waals surface area contributed by atoms with Crippen LogP contribution in [0, 0.1) is 11.8 Å². The molecule has 2 saturated carbocycles. The summed E-state index contributed by atoms with van der Waals surface area (Å²) in [4.78, 5) is 17.7. The van der Waals surface area contributed by atoms with E-state index in [1.54, 1.807) is 23.9 Å². The van der Waals surface area contributed by atoms with Gasteiger partial charge in [-0.05, 0) is 37.5 Å². The Hall–Kier alpha value is -1.40. The number of aromatic nitrogens is 2. The fraction of sp³-hybridized carbons (Fsp3) is 0.600. The lowest BCUT2D eigenvalue weighted by Gasteiger charge is -2.45. The molecule has 2 aliphatic carbocycles. The third-order valence-corrected chi connectivity index (χ3v) is 5.95. The van der Waals surface area contributed by atoms with Crippen molar-refractivity contribution in [2.45, 2.75) is 44.2 Å². The molecule has 2 unspecified atom stereocenters. The fourth-order valence-corrected chi connectivity index (χ4v) is 4.97. The number of hydrogen-bond acceptors (Lipinski definition) is 4. The summed E-state index contributed by atoms with van der Waals surface area (Å²) in [5.41, 5.74) is 6.84. The summed E-state index contributed by atoms with van der Waals surface area (Å²) in [6.07, 6.45) is 9.25. The first kappa shape index (κ1) is 13.3. The van der Waals surface area contributed by atoms with Gasteiger partial charge in [-0.3, -0.25) is 9.20 Å². The summed E-state index contributed by atoms with van der Waals surface area (Å²) in [6.45, 7) is 0. The Morgan fingerprint density at radius 3 is 2.90 bits per heavy atom. The molecule has 0 spiro atoms. The van der Waals surface area contributed by atoms with Gasteiger partial charge >= 0.3 is 0 Å². The number of imidazole rings is 1. The van der Waals surface area contributed by atoms with Crippen molar-refractivity contribution in [2.75, 3.05) is 0 Å². The van der Waals surface area contributed by atoms with E-state index in [-0.39, 0.29) is 5.91 Å². The van der Waals surface area contributed by atoms with Gasteiger partial charge in [0, 0.05) is 17.5 Å². The molecular formula is C15H20N4OS. The predicted molar refractivity (Wildman–Crippen MR) is 82.4 cm³/mol. The molecule has 2 fully saturated rings. The molecule has 1 amide bonds. The van der Waals surface area contributed by atoms with Gasteiger partial charge in [-0.25, -0.2) is 4.98 Å². The van der Waals surface area contributed by atoms with Gasteiger partial charge < -0.3 is 11.1 Å². The van der Waals surface area contributed by atoms with Gasteiger partial charge in [0.05, 0.1) is 6.20 Å². The van der Waals surface area contributed by atoms with E-state index in [4.69, 9.17) is 5.73 Å². The molecule has 2 heterocycles. The molecule has 2 aliphatic rings. The predicted octanol–water partition coefficient (Wildman–Crippen LogP) is 2.03. The van der Waals surface area contributed by atoms with Crippen molar-refractivity contribution in [3.05, 3.63) is 23.6 Å². The minimum absolute atomic E-state index is 0.0246. The minimum atomic E-state index is 0.0246. The highest BCUT2D eigenvalue weighted by atomic mass is 32.1. The van der Waals surface area contributed by atoms with Crippen LogP contribution >= 0.6 is 11.3 Å². The molecular weight excluding hydrogens is 284 g/mol. The Morgan fingerprint density at radius 2 is 2.14 bits per heavy atom. The molecule has 0 aromatic carbocycles. The van der Waals surface area contributed by atoms with Crippen molar-refractivity contribution in [3.63, 3.8) is 0 Å². The zero-order valence-corrected chi connectivity index (χ0v) is 12.7. The average molecular weight is 304 g/mol. The van der Waals surface area contributed by atoms with Crippen LogP contribution in [0.4, 0.5) is 0 Å². The van der Waals surface area contributed by atoms with Gasteiger partial charge in [-0.1, -0.05) is 6.42 Å². The Bertz CT molecular complexity index is 649. The van der Waals surface area contributed by atoms with Gasteiger partial charge in [0.1, 0.15) is 16.9 Å². The molecule has 3 N–H and O–H groups in total. The lowest BCUT2D eigenvalue weighted by molar-refractivity contribution is 0.0751. The van der Waals surface area contributed by atoms with Crippen molar-refractivity contribution in [3.8, 4) is 0 Å². The Kier molecular flexibility index (Phi) is 3.23. The zero-order chi connectivity index (χ0) is 14.4. The van der Waals surface area contributed by atoms with Crippen LogP contribution in [0.5, 0.6) is 0 Å². The summed E-state index contributed by atoms with van der Waals surface area (Å²) < 4.78 is 1.87. The van der Waals surface area contributed by atoms with Crippen molar-refractivity contribution in [1.82, 2.24) is 14.7 Å². The van der Waals surface area contributed by atoms with Gasteiger partial charge in [0.2, 0.25) is 0 Å². The molecule has 5 nitrogen and oxygen atoms in total. The minimum Gasteiger partial charge on any atom is -0.347 e. The number of carbonyl (C=O) groups is 1. The maximum absolute atomic E-state index is 12.6. The first-order chi connectivity index (χ1) is 10.2. The lowest BCUT2D eigenvalue weighted by atomic mass is 9.67. The first-order valence-corrected chi connectivity index (χ1v) is 8.56. The molecule has 2 bridgehead atoms. The second-order valence-corrected chi connectivity index (χ2v) is 7.29. The third kappa shape index (κ3) is 2.26. The SMILES string of the molecule is NC1CC2CCCC(C1)C2NC(=O)c1csc2cncn12. The highest BCUT2D eigenvalue weighted by molar-refractivity contribution is 7.15. The highest BCUT2D eigenvalue weighted by Crippen LogP contribution is 2.39. The topological polar surface area (TPSA) is 72.4 Å². The van der Waals surface area contributed by atoms with E-state index in [1.807, 2.05) is 9.78 Å². The molecule has 2 aromatic heterocycles. The van der Waals surface area contributed by atoms with Crippen molar-refractivity contribution < 1.29 is 4.79 Å². The van der Waals surface area contributed by atoms with E-state index >= 15 is 0 Å². The number of amides is 1. The normalized spacial score (nSPS) is 32.2. The van der Waals surface area contributed by atoms with E-state index in [9.17, 15) is 4.79 Å². The Morgan fingerprint density at radius 1 is 1.38 bits per heavy atom. The quantitative estimate of drug-likeness (QED) is 0.891.